The summed E-state index contributed by atoms with van der Waals surface area (Å²) in [5, 5.41) is 8.40. The highest BCUT2D eigenvalue weighted by molar-refractivity contribution is 6.32. The van der Waals surface area contributed by atoms with E-state index in [0.29, 0.717) is 5.71 Å². The number of allylic oxidation sites excluding steroid dienone is 4. The zero-order valence-electron chi connectivity index (χ0n) is 39.7. The summed E-state index contributed by atoms with van der Waals surface area (Å²) in [6, 6.07) is 42.3. The van der Waals surface area contributed by atoms with E-state index in [0.717, 1.165) is 65.5 Å². The summed E-state index contributed by atoms with van der Waals surface area (Å²) in [5.74, 6) is 1.87. The Kier molecular flexibility index (Phi) is 18.9. The van der Waals surface area contributed by atoms with E-state index in [1.54, 1.807) is 0 Å². The maximum atomic E-state index is 8.40. The Morgan fingerprint density at radius 2 is 1.00 bits per heavy atom. The lowest BCUT2D eigenvalue weighted by atomic mass is 9.70. The Morgan fingerprint density at radius 3 is 1.54 bits per heavy atom. The summed E-state index contributed by atoms with van der Waals surface area (Å²) in [7, 11) is 0. The minimum absolute atomic E-state index is 0.136. The maximum absolute atomic E-state index is 8.40. The van der Waals surface area contributed by atoms with E-state index >= 15 is 0 Å². The van der Waals surface area contributed by atoms with Crippen molar-refractivity contribution >= 4 is 22.5 Å². The number of nitrogen functional groups attached to an aromatic ring is 1. The van der Waals surface area contributed by atoms with Crippen LogP contribution in [0.2, 0.25) is 0 Å². The predicted octanol–water partition coefficient (Wildman–Crippen LogP) is 16.6. The molecule has 0 spiro atoms. The van der Waals surface area contributed by atoms with Gasteiger partial charge in [-0.15, -0.1) is 0 Å². The third-order valence-corrected chi connectivity index (χ3v) is 12.8. The van der Waals surface area contributed by atoms with Crippen molar-refractivity contribution in [2.24, 2.45) is 0 Å². The van der Waals surface area contributed by atoms with Gasteiger partial charge in [-0.25, -0.2) is 0 Å². The van der Waals surface area contributed by atoms with Crippen molar-refractivity contribution in [2.75, 3.05) is 18.9 Å². The van der Waals surface area contributed by atoms with Crippen LogP contribution >= 0.6 is 0 Å². The molecule has 6 rings (SSSR count). The van der Waals surface area contributed by atoms with Crippen LogP contribution in [0.3, 0.4) is 0 Å². The molecule has 1 aliphatic carbocycles. The molecular formula is C59H76N2O2. The highest BCUT2D eigenvalue weighted by Gasteiger charge is 2.32. The van der Waals surface area contributed by atoms with Crippen LogP contribution in [0.5, 0.6) is 11.5 Å². The fourth-order valence-corrected chi connectivity index (χ4v) is 8.73. The number of hydrogen-bond acceptors (Lipinski definition) is 4. The molecule has 63 heavy (non-hydrogen) atoms. The molecule has 4 heteroatoms. The van der Waals surface area contributed by atoms with E-state index in [1.807, 2.05) is 43.3 Å². The second-order valence-electron chi connectivity index (χ2n) is 18.3. The Hall–Kier alpha value is -5.35. The third-order valence-electron chi connectivity index (χ3n) is 12.8. The molecule has 4 nitrogen and oxygen atoms in total. The fourth-order valence-electron chi connectivity index (χ4n) is 8.73. The van der Waals surface area contributed by atoms with Crippen molar-refractivity contribution in [3.63, 3.8) is 0 Å². The number of anilines is 1. The first-order valence-electron chi connectivity index (χ1n) is 24.0. The zero-order chi connectivity index (χ0) is 45.1. The van der Waals surface area contributed by atoms with Gasteiger partial charge in [0.05, 0.1) is 18.9 Å². The molecule has 0 fully saturated rings. The second kappa shape index (κ2) is 24.5. The van der Waals surface area contributed by atoms with Crippen LogP contribution in [0.1, 0.15) is 160 Å². The van der Waals surface area contributed by atoms with Crippen molar-refractivity contribution in [3.8, 4) is 22.6 Å². The van der Waals surface area contributed by atoms with Crippen LogP contribution in [0, 0.1) is 5.41 Å². The van der Waals surface area contributed by atoms with E-state index in [-0.39, 0.29) is 10.8 Å². The summed E-state index contributed by atoms with van der Waals surface area (Å²) >= 11 is 0. The van der Waals surface area contributed by atoms with E-state index in [9.17, 15) is 0 Å². The summed E-state index contributed by atoms with van der Waals surface area (Å²) in [5.41, 5.74) is 17.5. The van der Waals surface area contributed by atoms with Crippen LogP contribution in [0.15, 0.2) is 133 Å². The third kappa shape index (κ3) is 13.3. The highest BCUT2D eigenvalue weighted by atomic mass is 16.5. The van der Waals surface area contributed by atoms with Gasteiger partial charge in [0.2, 0.25) is 0 Å². The van der Waals surface area contributed by atoms with Gasteiger partial charge in [-0.05, 0) is 83.5 Å². The van der Waals surface area contributed by atoms with Gasteiger partial charge in [0.25, 0.3) is 0 Å². The molecule has 0 saturated heterocycles. The average Bonchev–Trinajstić information content (AvgIpc) is 3.30. The van der Waals surface area contributed by atoms with Gasteiger partial charge in [0.1, 0.15) is 11.5 Å². The Balaban J connectivity index is 0.000000284. The van der Waals surface area contributed by atoms with Crippen LogP contribution in [-0.2, 0) is 10.8 Å². The number of ether oxygens (including phenoxy) is 2. The van der Waals surface area contributed by atoms with Crippen LogP contribution in [-0.4, -0.2) is 18.9 Å². The molecule has 0 aliphatic heterocycles. The molecule has 0 aromatic heterocycles. The largest absolute Gasteiger partial charge is 0.493 e. The van der Waals surface area contributed by atoms with Crippen molar-refractivity contribution in [3.05, 3.63) is 161 Å². The normalized spacial score (nSPS) is 13.2. The molecule has 5 aromatic carbocycles. The SMILES string of the molecule is C/C=C1/C(=N)C=C(C(C)(C)c2ccccc2)c2ccccc21.CCCCCCCCCOc1cc(-c2ccc(N)cc2)c(OCCCCCCCC)cc1C(C)(C)c1ccccc1. The van der Waals surface area contributed by atoms with Crippen molar-refractivity contribution in [1.82, 2.24) is 0 Å². The topological polar surface area (TPSA) is 68.3 Å². The molecule has 3 N–H and O–H groups in total. The molecule has 0 heterocycles. The van der Waals surface area contributed by atoms with Crippen molar-refractivity contribution in [2.45, 2.75) is 143 Å². The maximum Gasteiger partial charge on any atom is 0.127 e. The standard InChI is InChI=1S/C38H55NO2.C21H21N/c1-5-7-9-11-13-15-20-28-41-37-29-34(31-23-25-33(39)26-24-31)36(40-27-19-14-12-10-8-6-2)30-35(37)38(3,4)32-21-17-16-18-22-32;1-4-16-17-12-8-9-13-18(17)19(14-20(16)22)21(2,3)15-10-6-5-7-11-15/h16-18,21-26,29-30H,5-15,19-20,27-28,39H2,1-4H3;4-14,22H,1-3H3/b;16-4+,22-20?. The van der Waals surface area contributed by atoms with Crippen LogP contribution in [0.25, 0.3) is 22.3 Å². The number of rotatable bonds is 22. The van der Waals surface area contributed by atoms with Gasteiger partial charge in [0, 0.05) is 33.2 Å². The average molecular weight is 845 g/mol. The molecule has 334 valence electrons. The first-order chi connectivity index (χ1) is 30.5. The lowest BCUT2D eigenvalue weighted by molar-refractivity contribution is 0.291. The molecule has 0 saturated carbocycles. The smallest absolute Gasteiger partial charge is 0.127 e. The number of nitrogens with one attached hydrogen (secondary N) is 1. The number of fused-ring (bicyclic) bond motifs is 1. The minimum Gasteiger partial charge on any atom is -0.493 e. The highest BCUT2D eigenvalue weighted by Crippen LogP contribution is 2.45. The van der Waals surface area contributed by atoms with E-state index < -0.39 is 0 Å². The monoisotopic (exact) mass is 845 g/mol. The molecule has 0 radical (unpaired) electrons. The molecule has 0 atom stereocenters. The Bertz CT molecular complexity index is 2210. The van der Waals surface area contributed by atoms with Crippen LogP contribution < -0.4 is 15.2 Å². The van der Waals surface area contributed by atoms with Crippen molar-refractivity contribution < 1.29 is 9.47 Å². The van der Waals surface area contributed by atoms with E-state index in [1.165, 1.54) is 98.5 Å². The van der Waals surface area contributed by atoms with Gasteiger partial charge in [-0.2, -0.15) is 0 Å². The van der Waals surface area contributed by atoms with E-state index in [4.69, 9.17) is 20.6 Å². The van der Waals surface area contributed by atoms with Crippen molar-refractivity contribution in [1.29, 1.82) is 5.41 Å². The number of hydrogen-bond donors (Lipinski definition) is 2. The Morgan fingerprint density at radius 1 is 0.524 bits per heavy atom. The summed E-state index contributed by atoms with van der Waals surface area (Å²) < 4.78 is 13.2. The summed E-state index contributed by atoms with van der Waals surface area (Å²) in [6.45, 7) is 17.0. The number of nitrogens with two attached hydrogens (primary N) is 1. The van der Waals surface area contributed by atoms with Gasteiger partial charge >= 0.3 is 0 Å². The quantitative estimate of drug-likeness (QED) is 0.0539. The minimum atomic E-state index is -0.241. The predicted molar refractivity (Wildman–Crippen MR) is 272 cm³/mol. The van der Waals surface area contributed by atoms with E-state index in [2.05, 4.69) is 139 Å². The zero-order valence-corrected chi connectivity index (χ0v) is 39.7. The van der Waals surface area contributed by atoms with Gasteiger partial charge in [0.15, 0.2) is 0 Å². The Labute approximate surface area is 381 Å². The molecule has 1 aliphatic rings. The first kappa shape index (κ1) is 48.7. The lowest BCUT2D eigenvalue weighted by Crippen LogP contribution is -2.23. The van der Waals surface area contributed by atoms with Gasteiger partial charge in [-0.3, -0.25) is 0 Å². The molecule has 5 aromatic rings. The molecule has 0 amide bonds. The van der Waals surface area contributed by atoms with Gasteiger partial charge < -0.3 is 20.6 Å². The second-order valence-corrected chi connectivity index (χ2v) is 18.3. The number of benzene rings is 5. The summed E-state index contributed by atoms with van der Waals surface area (Å²) in [6.07, 6.45) is 20.4. The first-order valence-corrected chi connectivity index (χ1v) is 24.0. The lowest BCUT2D eigenvalue weighted by Gasteiger charge is -2.33. The molecular weight excluding hydrogens is 769 g/mol. The fraction of sp³-hybridized carbons (Fsp3) is 0.407. The van der Waals surface area contributed by atoms with Crippen LogP contribution in [0.4, 0.5) is 5.69 Å². The van der Waals surface area contributed by atoms with Gasteiger partial charge in [-0.1, -0.05) is 215 Å². The molecule has 0 bridgehead atoms. The number of unbranched alkanes of at least 4 members (excludes halogenated alkanes) is 11. The molecule has 0 unspecified atom stereocenters. The summed E-state index contributed by atoms with van der Waals surface area (Å²) in [4.78, 5) is 0.